The fourth-order valence-corrected chi connectivity index (χ4v) is 1.68. The Hall–Kier alpha value is -0.460. The van der Waals surface area contributed by atoms with Crippen molar-refractivity contribution in [3.63, 3.8) is 0 Å². The van der Waals surface area contributed by atoms with Gasteiger partial charge in [-0.1, -0.05) is 11.8 Å². The first-order valence-electron chi connectivity index (χ1n) is 4.09. The van der Waals surface area contributed by atoms with Crippen LogP contribution in [0.1, 0.15) is 6.42 Å². The SMILES string of the molecule is FC(F)C(F)(F)CSC1=NCCCN1. The molecule has 7 heteroatoms. The van der Waals surface area contributed by atoms with Crippen molar-refractivity contribution in [2.24, 2.45) is 4.99 Å². The predicted molar refractivity (Wildman–Crippen MR) is 48.3 cm³/mol. The molecule has 0 bridgehead atoms. The Morgan fingerprint density at radius 2 is 2.21 bits per heavy atom. The van der Waals surface area contributed by atoms with E-state index in [1.54, 1.807) is 0 Å². The van der Waals surface area contributed by atoms with Crippen LogP contribution >= 0.6 is 11.8 Å². The summed E-state index contributed by atoms with van der Waals surface area (Å²) in [5, 5.41) is 3.10. The van der Waals surface area contributed by atoms with E-state index in [1.165, 1.54) is 0 Å². The minimum Gasteiger partial charge on any atom is -0.365 e. The van der Waals surface area contributed by atoms with Crippen molar-refractivity contribution in [3.05, 3.63) is 0 Å². The van der Waals surface area contributed by atoms with Crippen LogP contribution in [0.5, 0.6) is 0 Å². The number of amidine groups is 1. The highest BCUT2D eigenvalue weighted by Gasteiger charge is 2.40. The number of alkyl halides is 4. The number of thioether (sulfide) groups is 1. The second kappa shape index (κ2) is 4.86. The summed E-state index contributed by atoms with van der Waals surface area (Å²) in [6, 6.07) is 0. The average Bonchev–Trinajstić information content (AvgIpc) is 2.16. The molecule has 0 saturated carbocycles. The van der Waals surface area contributed by atoms with Crippen LogP contribution in [-0.2, 0) is 0 Å². The number of hydrogen-bond donors (Lipinski definition) is 1. The second-order valence-corrected chi connectivity index (χ2v) is 3.78. The molecule has 0 saturated heterocycles. The molecule has 2 nitrogen and oxygen atoms in total. The minimum atomic E-state index is -3.94. The van der Waals surface area contributed by atoms with Gasteiger partial charge in [-0.15, -0.1) is 0 Å². The van der Waals surface area contributed by atoms with Crippen LogP contribution in [0.2, 0.25) is 0 Å². The van der Waals surface area contributed by atoms with Crippen LogP contribution in [0, 0.1) is 0 Å². The highest BCUT2D eigenvalue weighted by atomic mass is 32.2. The maximum absolute atomic E-state index is 12.4. The maximum atomic E-state index is 12.4. The Morgan fingerprint density at radius 1 is 1.50 bits per heavy atom. The monoisotopic (exact) mass is 230 g/mol. The molecule has 82 valence electrons. The van der Waals surface area contributed by atoms with Gasteiger partial charge in [0.2, 0.25) is 0 Å². The molecule has 1 heterocycles. The summed E-state index contributed by atoms with van der Waals surface area (Å²) in [4.78, 5) is 3.88. The van der Waals surface area contributed by atoms with Gasteiger partial charge >= 0.3 is 12.3 Å². The Balaban J connectivity index is 2.35. The van der Waals surface area contributed by atoms with Gasteiger partial charge in [0.15, 0.2) is 5.17 Å². The summed E-state index contributed by atoms with van der Waals surface area (Å²) < 4.78 is 48.4. The molecule has 0 aromatic heterocycles. The number of aliphatic imine (C=N–C) groups is 1. The fraction of sp³-hybridized carbons (Fsp3) is 0.857. The predicted octanol–water partition coefficient (Wildman–Crippen LogP) is 1.97. The number of nitrogens with zero attached hydrogens (tertiary/aromatic N) is 1. The van der Waals surface area contributed by atoms with E-state index in [0.717, 1.165) is 6.42 Å². The van der Waals surface area contributed by atoms with E-state index in [4.69, 9.17) is 0 Å². The molecule has 0 aliphatic carbocycles. The molecule has 0 fully saturated rings. The van der Waals surface area contributed by atoms with E-state index in [1.807, 2.05) is 0 Å². The van der Waals surface area contributed by atoms with E-state index in [-0.39, 0.29) is 0 Å². The smallest absolute Gasteiger partial charge is 0.316 e. The van der Waals surface area contributed by atoms with Crippen molar-refractivity contribution in [1.82, 2.24) is 5.32 Å². The molecule has 1 aliphatic rings. The van der Waals surface area contributed by atoms with E-state index in [0.29, 0.717) is 30.0 Å². The minimum absolute atomic E-state index is 0.330. The van der Waals surface area contributed by atoms with Crippen molar-refractivity contribution < 1.29 is 17.6 Å². The van der Waals surface area contributed by atoms with Gasteiger partial charge < -0.3 is 5.32 Å². The van der Waals surface area contributed by atoms with E-state index in [9.17, 15) is 17.6 Å². The van der Waals surface area contributed by atoms with E-state index < -0.39 is 18.1 Å². The largest absolute Gasteiger partial charge is 0.365 e. The van der Waals surface area contributed by atoms with Crippen molar-refractivity contribution in [3.8, 4) is 0 Å². The van der Waals surface area contributed by atoms with Gasteiger partial charge in [-0.2, -0.15) is 8.78 Å². The Morgan fingerprint density at radius 3 is 2.71 bits per heavy atom. The summed E-state index contributed by atoms with van der Waals surface area (Å²) in [6.45, 7) is 1.22. The molecule has 14 heavy (non-hydrogen) atoms. The third-order valence-corrected chi connectivity index (χ3v) is 2.66. The van der Waals surface area contributed by atoms with E-state index >= 15 is 0 Å². The summed E-state index contributed by atoms with van der Waals surface area (Å²) in [6.07, 6.45) is -2.77. The highest BCUT2D eigenvalue weighted by Crippen LogP contribution is 2.27. The molecule has 0 unspecified atom stereocenters. The normalized spacial score (nSPS) is 17.9. The van der Waals surface area contributed by atoms with Crippen LogP contribution in [0.3, 0.4) is 0 Å². The molecule has 1 aliphatic heterocycles. The maximum Gasteiger partial charge on any atom is 0.316 e. The van der Waals surface area contributed by atoms with Crippen LogP contribution in [0.4, 0.5) is 17.6 Å². The Kier molecular flexibility index (Phi) is 4.03. The van der Waals surface area contributed by atoms with Gasteiger partial charge in [-0.05, 0) is 6.42 Å². The lowest BCUT2D eigenvalue weighted by Crippen LogP contribution is -2.33. The standard InChI is InChI=1S/C7H10F4N2S/c8-5(9)7(10,11)4-14-6-12-2-1-3-13-6/h5H,1-4H2,(H,12,13). The van der Waals surface area contributed by atoms with Crippen molar-refractivity contribution in [2.45, 2.75) is 18.8 Å². The first kappa shape index (κ1) is 11.6. The first-order valence-corrected chi connectivity index (χ1v) is 5.08. The van der Waals surface area contributed by atoms with Gasteiger partial charge in [0.1, 0.15) is 0 Å². The first-order chi connectivity index (χ1) is 6.52. The zero-order chi connectivity index (χ0) is 10.6. The molecule has 0 aromatic carbocycles. The molecule has 0 radical (unpaired) electrons. The van der Waals surface area contributed by atoms with E-state index in [2.05, 4.69) is 10.3 Å². The molecular weight excluding hydrogens is 220 g/mol. The lowest BCUT2D eigenvalue weighted by Gasteiger charge is -2.17. The van der Waals surface area contributed by atoms with Gasteiger partial charge in [0.05, 0.1) is 5.75 Å². The Labute approximate surface area is 83.2 Å². The van der Waals surface area contributed by atoms with Crippen LogP contribution in [-0.4, -0.2) is 36.4 Å². The zero-order valence-electron chi connectivity index (χ0n) is 7.27. The Bertz CT molecular complexity index is 220. The zero-order valence-corrected chi connectivity index (χ0v) is 8.09. The second-order valence-electron chi connectivity index (χ2n) is 2.82. The summed E-state index contributed by atoms with van der Waals surface area (Å²) >= 11 is 0.642. The van der Waals surface area contributed by atoms with Crippen LogP contribution in [0.15, 0.2) is 4.99 Å². The number of halogens is 4. The molecule has 0 aromatic rings. The van der Waals surface area contributed by atoms with Gasteiger partial charge in [-0.3, -0.25) is 4.99 Å². The van der Waals surface area contributed by atoms with Crippen LogP contribution in [0.25, 0.3) is 0 Å². The number of nitrogens with one attached hydrogen (secondary N) is 1. The topological polar surface area (TPSA) is 24.4 Å². The summed E-state index contributed by atoms with van der Waals surface area (Å²) in [5.41, 5.74) is 0. The molecule has 0 atom stereocenters. The molecule has 1 N–H and O–H groups in total. The average molecular weight is 230 g/mol. The molecular formula is C7H10F4N2S. The molecule has 0 amide bonds. The number of rotatable bonds is 3. The van der Waals surface area contributed by atoms with Gasteiger partial charge in [0, 0.05) is 13.1 Å². The van der Waals surface area contributed by atoms with Crippen LogP contribution < -0.4 is 5.32 Å². The van der Waals surface area contributed by atoms with Gasteiger partial charge in [0.25, 0.3) is 0 Å². The van der Waals surface area contributed by atoms with Gasteiger partial charge in [-0.25, -0.2) is 8.78 Å². The van der Waals surface area contributed by atoms with Crippen molar-refractivity contribution in [2.75, 3.05) is 18.8 Å². The van der Waals surface area contributed by atoms with Crippen molar-refractivity contribution >= 4 is 16.9 Å². The highest BCUT2D eigenvalue weighted by molar-refractivity contribution is 8.13. The third-order valence-electron chi connectivity index (χ3n) is 1.59. The third kappa shape index (κ3) is 3.36. The quantitative estimate of drug-likeness (QED) is 0.749. The number of hydrogen-bond acceptors (Lipinski definition) is 3. The lowest BCUT2D eigenvalue weighted by atomic mass is 10.4. The molecule has 0 spiro atoms. The summed E-state index contributed by atoms with van der Waals surface area (Å²) in [5.74, 6) is -4.87. The fourth-order valence-electron chi connectivity index (χ4n) is 0.835. The van der Waals surface area contributed by atoms with Crippen molar-refractivity contribution in [1.29, 1.82) is 0 Å². The molecule has 1 rings (SSSR count). The summed E-state index contributed by atoms with van der Waals surface area (Å²) in [7, 11) is 0. The lowest BCUT2D eigenvalue weighted by molar-refractivity contribution is -0.109.